The Hall–Kier alpha value is -3.08. The minimum Gasteiger partial charge on any atom is -0.493 e. The van der Waals surface area contributed by atoms with Crippen molar-refractivity contribution in [2.24, 2.45) is 0 Å². The molecule has 1 amide bonds. The molecule has 146 valence electrons. The quantitative estimate of drug-likeness (QED) is 0.453. The maximum Gasteiger partial charge on any atom is 0.243 e. The zero-order chi connectivity index (χ0) is 19.9. The Kier molecular flexibility index (Phi) is 6.48. The molecule has 0 saturated heterocycles. The Morgan fingerprint density at radius 2 is 2.04 bits per heavy atom. The molecule has 0 fully saturated rings. The second kappa shape index (κ2) is 9.22. The second-order valence-corrected chi connectivity index (χ2v) is 6.81. The van der Waals surface area contributed by atoms with Gasteiger partial charge in [-0.15, -0.1) is 0 Å². The molecule has 28 heavy (non-hydrogen) atoms. The number of hydrogen-bond donors (Lipinski definition) is 1. The second-order valence-electron chi connectivity index (χ2n) is 6.81. The third-order valence-corrected chi connectivity index (χ3v) is 4.91. The van der Waals surface area contributed by atoms with Crippen molar-refractivity contribution >= 4 is 16.9 Å². The van der Waals surface area contributed by atoms with Crippen molar-refractivity contribution in [1.29, 1.82) is 0 Å². The summed E-state index contributed by atoms with van der Waals surface area (Å²) in [5.41, 5.74) is 4.51. The fourth-order valence-corrected chi connectivity index (χ4v) is 3.22. The molecule has 0 aliphatic carbocycles. The number of amides is 1. The van der Waals surface area contributed by atoms with E-state index >= 15 is 0 Å². The summed E-state index contributed by atoms with van der Waals surface area (Å²) in [4.78, 5) is 16.1. The van der Waals surface area contributed by atoms with E-state index in [1.165, 1.54) is 17.2 Å². The molecule has 0 spiro atoms. The molecule has 3 aromatic rings. The lowest BCUT2D eigenvalue weighted by atomic mass is 10.1. The third kappa shape index (κ3) is 4.60. The molecule has 0 aliphatic heterocycles. The molecule has 0 bridgehead atoms. The van der Waals surface area contributed by atoms with E-state index in [9.17, 15) is 4.79 Å². The Balaban J connectivity index is 1.65. The number of benzene rings is 2. The van der Waals surface area contributed by atoms with E-state index in [0.717, 1.165) is 35.6 Å². The molecule has 2 aromatic carbocycles. The first-order valence-electron chi connectivity index (χ1n) is 9.63. The molecule has 1 heterocycles. The largest absolute Gasteiger partial charge is 0.493 e. The van der Waals surface area contributed by atoms with Crippen LogP contribution in [0.1, 0.15) is 23.4 Å². The first-order chi connectivity index (χ1) is 13.6. The molecule has 0 atom stereocenters. The van der Waals surface area contributed by atoms with Crippen LogP contribution in [0, 0.1) is 13.8 Å². The predicted molar refractivity (Wildman–Crippen MR) is 113 cm³/mol. The molecule has 0 aliphatic rings. The Labute approximate surface area is 166 Å². The summed E-state index contributed by atoms with van der Waals surface area (Å²) in [6, 6.07) is 14.3. The fourth-order valence-electron chi connectivity index (χ4n) is 3.22. The summed E-state index contributed by atoms with van der Waals surface area (Å²) in [6.07, 6.45) is 2.83. The average Bonchev–Trinajstić information content (AvgIpc) is 3.05. The van der Waals surface area contributed by atoms with Crippen LogP contribution in [0.15, 0.2) is 55.1 Å². The van der Waals surface area contributed by atoms with Gasteiger partial charge in [-0.1, -0.05) is 30.8 Å². The number of fused-ring (bicyclic) bond motifs is 1. The van der Waals surface area contributed by atoms with Crippen LogP contribution >= 0.6 is 0 Å². The molecule has 1 aromatic heterocycles. The van der Waals surface area contributed by atoms with E-state index in [4.69, 9.17) is 9.72 Å². The van der Waals surface area contributed by atoms with Crippen LogP contribution in [-0.2, 0) is 17.8 Å². The topological polar surface area (TPSA) is 56.2 Å². The summed E-state index contributed by atoms with van der Waals surface area (Å²) >= 11 is 0. The third-order valence-electron chi connectivity index (χ3n) is 4.91. The van der Waals surface area contributed by atoms with Crippen molar-refractivity contribution in [3.8, 4) is 5.75 Å². The van der Waals surface area contributed by atoms with E-state index < -0.39 is 0 Å². The molecular weight excluding hydrogens is 350 g/mol. The van der Waals surface area contributed by atoms with E-state index in [0.29, 0.717) is 19.6 Å². The minimum absolute atomic E-state index is 0.162. The molecule has 0 saturated carbocycles. The number of aromatic nitrogens is 2. The molecular formula is C23H27N3O2. The SMILES string of the molecule is C=CC(=O)NCCc1nc2ccccc2n1CCCOc1cccc(C)c1C. The highest BCUT2D eigenvalue weighted by Gasteiger charge is 2.10. The number of carbonyl (C=O) groups excluding carboxylic acids is 1. The van der Waals surface area contributed by atoms with Gasteiger partial charge in [-0.05, 0) is 55.7 Å². The number of ether oxygens (including phenoxy) is 1. The van der Waals surface area contributed by atoms with Gasteiger partial charge >= 0.3 is 0 Å². The van der Waals surface area contributed by atoms with Crippen LogP contribution < -0.4 is 10.1 Å². The van der Waals surface area contributed by atoms with Gasteiger partial charge in [0.1, 0.15) is 11.6 Å². The number of hydrogen-bond acceptors (Lipinski definition) is 3. The standard InChI is InChI=1S/C23H27N3O2/c1-4-23(27)24-14-13-22-25-19-10-5-6-11-20(19)26(22)15-8-16-28-21-12-7-9-17(2)18(21)3/h4-7,9-12H,1,8,13-16H2,2-3H3,(H,24,27). The number of imidazole rings is 1. The molecule has 1 N–H and O–H groups in total. The lowest BCUT2D eigenvalue weighted by molar-refractivity contribution is -0.116. The minimum atomic E-state index is -0.162. The van der Waals surface area contributed by atoms with Gasteiger partial charge < -0.3 is 14.6 Å². The molecule has 0 unspecified atom stereocenters. The highest BCUT2D eigenvalue weighted by molar-refractivity contribution is 5.86. The van der Waals surface area contributed by atoms with Gasteiger partial charge in [0.15, 0.2) is 0 Å². The molecule has 5 nitrogen and oxygen atoms in total. The van der Waals surface area contributed by atoms with Crippen LogP contribution in [0.3, 0.4) is 0 Å². The van der Waals surface area contributed by atoms with Crippen molar-refractivity contribution in [3.63, 3.8) is 0 Å². The number of para-hydroxylation sites is 2. The maximum atomic E-state index is 11.4. The smallest absolute Gasteiger partial charge is 0.243 e. The Bertz CT molecular complexity index is 975. The van der Waals surface area contributed by atoms with Crippen molar-refractivity contribution in [3.05, 3.63) is 72.1 Å². The first kappa shape index (κ1) is 19.7. The van der Waals surface area contributed by atoms with Crippen LogP contribution in [0.4, 0.5) is 0 Å². The van der Waals surface area contributed by atoms with E-state index in [1.807, 2.05) is 30.3 Å². The predicted octanol–water partition coefficient (Wildman–Crippen LogP) is 3.97. The number of rotatable bonds is 9. The van der Waals surface area contributed by atoms with Crippen molar-refractivity contribution < 1.29 is 9.53 Å². The summed E-state index contributed by atoms with van der Waals surface area (Å²) < 4.78 is 8.22. The zero-order valence-corrected chi connectivity index (χ0v) is 16.6. The monoisotopic (exact) mass is 377 g/mol. The Morgan fingerprint density at radius 3 is 2.86 bits per heavy atom. The van der Waals surface area contributed by atoms with E-state index in [1.54, 1.807) is 0 Å². The van der Waals surface area contributed by atoms with Crippen molar-refractivity contribution in [1.82, 2.24) is 14.9 Å². The van der Waals surface area contributed by atoms with Crippen LogP contribution in [0.5, 0.6) is 5.75 Å². The molecule has 3 rings (SSSR count). The van der Waals surface area contributed by atoms with Gasteiger partial charge in [-0.2, -0.15) is 0 Å². The summed E-state index contributed by atoms with van der Waals surface area (Å²) in [6.45, 7) is 9.65. The summed E-state index contributed by atoms with van der Waals surface area (Å²) in [7, 11) is 0. The first-order valence-corrected chi connectivity index (χ1v) is 9.63. The number of aryl methyl sites for hydroxylation is 2. The normalized spacial score (nSPS) is 10.8. The highest BCUT2D eigenvalue weighted by atomic mass is 16.5. The lowest BCUT2D eigenvalue weighted by Crippen LogP contribution is -2.24. The number of nitrogens with one attached hydrogen (secondary N) is 1. The summed E-state index contributed by atoms with van der Waals surface area (Å²) in [5, 5.41) is 2.82. The Morgan fingerprint density at radius 1 is 1.21 bits per heavy atom. The maximum absolute atomic E-state index is 11.4. The van der Waals surface area contributed by atoms with Crippen molar-refractivity contribution in [2.45, 2.75) is 33.2 Å². The van der Waals surface area contributed by atoms with E-state index in [-0.39, 0.29) is 5.91 Å². The summed E-state index contributed by atoms with van der Waals surface area (Å²) in [5.74, 6) is 1.75. The lowest BCUT2D eigenvalue weighted by Gasteiger charge is -2.13. The van der Waals surface area contributed by atoms with Gasteiger partial charge in [0.25, 0.3) is 0 Å². The van der Waals surface area contributed by atoms with Crippen LogP contribution in [-0.4, -0.2) is 28.6 Å². The van der Waals surface area contributed by atoms with Crippen LogP contribution in [0.2, 0.25) is 0 Å². The van der Waals surface area contributed by atoms with E-state index in [2.05, 4.69) is 42.4 Å². The van der Waals surface area contributed by atoms with Gasteiger partial charge in [0, 0.05) is 19.5 Å². The zero-order valence-electron chi connectivity index (χ0n) is 16.6. The highest BCUT2D eigenvalue weighted by Crippen LogP contribution is 2.21. The van der Waals surface area contributed by atoms with Gasteiger partial charge in [-0.25, -0.2) is 4.98 Å². The number of nitrogens with zero attached hydrogens (tertiary/aromatic N) is 2. The van der Waals surface area contributed by atoms with Crippen LogP contribution in [0.25, 0.3) is 11.0 Å². The number of carbonyl (C=O) groups is 1. The van der Waals surface area contributed by atoms with Gasteiger partial charge in [-0.3, -0.25) is 4.79 Å². The van der Waals surface area contributed by atoms with Crippen molar-refractivity contribution in [2.75, 3.05) is 13.2 Å². The average molecular weight is 377 g/mol. The molecule has 0 radical (unpaired) electrons. The van der Waals surface area contributed by atoms with Gasteiger partial charge in [0.2, 0.25) is 5.91 Å². The van der Waals surface area contributed by atoms with Gasteiger partial charge in [0.05, 0.1) is 17.6 Å². The molecule has 5 heteroatoms. The fraction of sp³-hybridized carbons (Fsp3) is 0.304.